The topological polar surface area (TPSA) is 35.5 Å². The van der Waals surface area contributed by atoms with Crippen LogP contribution < -0.4 is 9.47 Å². The molecule has 4 heteroatoms. The van der Waals surface area contributed by atoms with E-state index in [1.165, 1.54) is 0 Å². The number of carbonyl (C=O) groups excluding carboxylic acids is 1. The Morgan fingerprint density at radius 3 is 2.73 bits per heavy atom. The van der Waals surface area contributed by atoms with Crippen molar-refractivity contribution in [2.75, 3.05) is 13.2 Å². The first-order chi connectivity index (χ1) is 7.11. The van der Waals surface area contributed by atoms with E-state index in [9.17, 15) is 4.79 Å². The Morgan fingerprint density at radius 1 is 1.40 bits per heavy atom. The molecule has 1 aromatic rings. The highest BCUT2D eigenvalue weighted by atomic mass is 79.9. The van der Waals surface area contributed by atoms with Crippen LogP contribution in [0.25, 0.3) is 0 Å². The summed E-state index contributed by atoms with van der Waals surface area (Å²) in [4.78, 5) is 11.4. The number of carbonyl (C=O) groups is 1. The zero-order valence-electron chi connectivity index (χ0n) is 8.59. The van der Waals surface area contributed by atoms with Gasteiger partial charge in [0.1, 0.15) is 13.2 Å². The Kier molecular flexibility index (Phi) is 2.69. The quantitative estimate of drug-likeness (QED) is 0.737. The molecule has 1 aromatic carbocycles. The average Bonchev–Trinajstić information content (AvgIpc) is 2.17. The molecule has 0 aliphatic carbocycles. The van der Waals surface area contributed by atoms with Crippen molar-refractivity contribution in [2.24, 2.45) is 0 Å². The van der Waals surface area contributed by atoms with E-state index >= 15 is 0 Å². The van der Waals surface area contributed by atoms with Crippen LogP contribution in [0.1, 0.15) is 22.8 Å². The molecular weight excluding hydrogens is 260 g/mol. The summed E-state index contributed by atoms with van der Waals surface area (Å²) < 4.78 is 11.6. The van der Waals surface area contributed by atoms with Gasteiger partial charge in [-0.05, 0) is 41.4 Å². The van der Waals surface area contributed by atoms with Crippen molar-refractivity contribution in [3.63, 3.8) is 0 Å². The SMILES string of the molecule is CC(=O)c1c(C)cc2c(c1Br)OCCO2. The van der Waals surface area contributed by atoms with Crippen LogP contribution in [0.5, 0.6) is 11.5 Å². The van der Waals surface area contributed by atoms with Crippen LogP contribution in [-0.2, 0) is 0 Å². The van der Waals surface area contributed by atoms with Gasteiger partial charge in [0.25, 0.3) is 0 Å². The fourth-order valence-corrected chi connectivity index (χ4v) is 2.60. The lowest BCUT2D eigenvalue weighted by atomic mass is 10.0. The summed E-state index contributed by atoms with van der Waals surface area (Å²) in [7, 11) is 0. The summed E-state index contributed by atoms with van der Waals surface area (Å²) >= 11 is 3.39. The highest BCUT2D eigenvalue weighted by Gasteiger charge is 2.21. The van der Waals surface area contributed by atoms with Crippen molar-refractivity contribution >= 4 is 21.7 Å². The molecule has 0 unspecified atom stereocenters. The van der Waals surface area contributed by atoms with Crippen molar-refractivity contribution in [3.8, 4) is 11.5 Å². The lowest BCUT2D eigenvalue weighted by molar-refractivity contribution is 0.101. The normalized spacial score (nSPS) is 13.8. The second-order valence-corrected chi connectivity index (χ2v) is 4.26. The Bertz CT molecular complexity index is 426. The Morgan fingerprint density at radius 2 is 2.07 bits per heavy atom. The fraction of sp³-hybridized carbons (Fsp3) is 0.364. The number of aryl methyl sites for hydroxylation is 1. The molecule has 1 heterocycles. The van der Waals surface area contributed by atoms with Crippen LogP contribution in [0.4, 0.5) is 0 Å². The van der Waals surface area contributed by atoms with E-state index in [4.69, 9.17) is 9.47 Å². The minimum Gasteiger partial charge on any atom is -0.486 e. The summed E-state index contributed by atoms with van der Waals surface area (Å²) in [5.74, 6) is 1.36. The van der Waals surface area contributed by atoms with Gasteiger partial charge in [-0.2, -0.15) is 0 Å². The van der Waals surface area contributed by atoms with Crippen LogP contribution in [0.2, 0.25) is 0 Å². The molecule has 3 nitrogen and oxygen atoms in total. The predicted molar refractivity (Wildman–Crippen MR) is 59.9 cm³/mol. The van der Waals surface area contributed by atoms with E-state index in [0.717, 1.165) is 5.56 Å². The third-order valence-electron chi connectivity index (χ3n) is 2.32. The monoisotopic (exact) mass is 270 g/mol. The van der Waals surface area contributed by atoms with Gasteiger partial charge in [0, 0.05) is 5.56 Å². The van der Waals surface area contributed by atoms with Crippen molar-refractivity contribution in [2.45, 2.75) is 13.8 Å². The van der Waals surface area contributed by atoms with Crippen LogP contribution in [0.15, 0.2) is 10.5 Å². The van der Waals surface area contributed by atoms with Gasteiger partial charge in [-0.1, -0.05) is 0 Å². The molecule has 1 aliphatic heterocycles. The third-order valence-corrected chi connectivity index (χ3v) is 3.08. The van der Waals surface area contributed by atoms with Crippen molar-refractivity contribution in [1.29, 1.82) is 0 Å². The molecule has 0 N–H and O–H groups in total. The molecule has 0 fully saturated rings. The number of hydrogen-bond donors (Lipinski definition) is 0. The molecule has 0 amide bonds. The number of halogens is 1. The van der Waals surface area contributed by atoms with Gasteiger partial charge in [0.2, 0.25) is 0 Å². The summed E-state index contributed by atoms with van der Waals surface area (Å²) in [6.07, 6.45) is 0. The lowest BCUT2D eigenvalue weighted by Crippen LogP contribution is -2.17. The first-order valence-electron chi connectivity index (χ1n) is 4.71. The molecule has 80 valence electrons. The Balaban J connectivity index is 2.64. The number of hydrogen-bond acceptors (Lipinski definition) is 3. The summed E-state index contributed by atoms with van der Waals surface area (Å²) in [5.41, 5.74) is 1.57. The Labute approximate surface area is 96.5 Å². The van der Waals surface area contributed by atoms with Crippen molar-refractivity contribution in [1.82, 2.24) is 0 Å². The largest absolute Gasteiger partial charge is 0.486 e. The van der Waals surface area contributed by atoms with Gasteiger partial charge in [-0.15, -0.1) is 0 Å². The zero-order chi connectivity index (χ0) is 11.0. The molecule has 2 rings (SSSR count). The molecule has 0 atom stereocenters. The summed E-state index contributed by atoms with van der Waals surface area (Å²) in [6, 6.07) is 1.84. The highest BCUT2D eigenvalue weighted by molar-refractivity contribution is 9.10. The second-order valence-electron chi connectivity index (χ2n) is 3.46. The minimum absolute atomic E-state index is 0.0244. The fourth-order valence-electron chi connectivity index (χ4n) is 1.70. The van der Waals surface area contributed by atoms with Gasteiger partial charge in [-0.3, -0.25) is 4.79 Å². The van der Waals surface area contributed by atoms with Gasteiger partial charge in [0.05, 0.1) is 4.47 Å². The average molecular weight is 271 g/mol. The molecule has 0 bridgehead atoms. The summed E-state index contributed by atoms with van der Waals surface area (Å²) in [5, 5.41) is 0. The molecule has 15 heavy (non-hydrogen) atoms. The molecule has 0 saturated heterocycles. The van der Waals surface area contributed by atoms with Crippen molar-refractivity contribution < 1.29 is 14.3 Å². The molecular formula is C11H11BrO3. The lowest BCUT2D eigenvalue weighted by Gasteiger charge is -2.21. The van der Waals surface area contributed by atoms with E-state index in [2.05, 4.69) is 15.9 Å². The number of benzene rings is 1. The highest BCUT2D eigenvalue weighted by Crippen LogP contribution is 2.41. The first kappa shape index (κ1) is 10.5. The molecule has 1 aliphatic rings. The number of rotatable bonds is 1. The van der Waals surface area contributed by atoms with E-state index in [1.54, 1.807) is 6.92 Å². The smallest absolute Gasteiger partial charge is 0.176 e. The zero-order valence-corrected chi connectivity index (χ0v) is 10.2. The van der Waals surface area contributed by atoms with Crippen LogP contribution in [0.3, 0.4) is 0 Å². The van der Waals surface area contributed by atoms with Crippen LogP contribution in [-0.4, -0.2) is 19.0 Å². The number of ketones is 1. The number of Topliss-reactive ketones (excluding diaryl/α,β-unsaturated/α-hetero) is 1. The van der Waals surface area contributed by atoms with Crippen LogP contribution >= 0.6 is 15.9 Å². The minimum atomic E-state index is 0.0244. The van der Waals surface area contributed by atoms with E-state index in [-0.39, 0.29) is 5.78 Å². The summed E-state index contributed by atoms with van der Waals surface area (Å²) in [6.45, 7) is 4.51. The maximum Gasteiger partial charge on any atom is 0.176 e. The molecule has 0 radical (unpaired) electrons. The van der Waals surface area contributed by atoms with E-state index < -0.39 is 0 Å². The van der Waals surface area contributed by atoms with Gasteiger partial charge >= 0.3 is 0 Å². The van der Waals surface area contributed by atoms with E-state index in [0.29, 0.717) is 34.7 Å². The number of ether oxygens (including phenoxy) is 2. The standard InChI is InChI=1S/C11H11BrO3/c1-6-5-8-11(15-4-3-14-8)10(12)9(6)7(2)13/h5H,3-4H2,1-2H3. The first-order valence-corrected chi connectivity index (χ1v) is 5.50. The Hall–Kier alpha value is -1.03. The molecule has 0 saturated carbocycles. The van der Waals surface area contributed by atoms with Gasteiger partial charge in [0.15, 0.2) is 17.3 Å². The molecule has 0 aromatic heterocycles. The van der Waals surface area contributed by atoms with Gasteiger partial charge < -0.3 is 9.47 Å². The van der Waals surface area contributed by atoms with Crippen LogP contribution in [0, 0.1) is 6.92 Å². The molecule has 0 spiro atoms. The van der Waals surface area contributed by atoms with E-state index in [1.807, 2.05) is 13.0 Å². The maximum absolute atomic E-state index is 11.4. The van der Waals surface area contributed by atoms with Gasteiger partial charge in [-0.25, -0.2) is 0 Å². The maximum atomic E-state index is 11.4. The van der Waals surface area contributed by atoms with Crippen molar-refractivity contribution in [3.05, 3.63) is 21.7 Å². The number of fused-ring (bicyclic) bond motifs is 1. The predicted octanol–water partition coefficient (Wildman–Crippen LogP) is 2.73. The third kappa shape index (κ3) is 1.74. The second kappa shape index (κ2) is 3.85.